The van der Waals surface area contributed by atoms with Gasteiger partial charge in [0.1, 0.15) is 5.75 Å². The predicted octanol–water partition coefficient (Wildman–Crippen LogP) is -1.09. The van der Waals surface area contributed by atoms with Gasteiger partial charge >= 0.3 is 13.1 Å². The number of fused-ring (bicyclic) bond motifs is 1. The zero-order valence-electron chi connectivity index (χ0n) is 13.1. The van der Waals surface area contributed by atoms with Crippen LogP contribution in [-0.4, -0.2) is 53.7 Å². The van der Waals surface area contributed by atoms with Gasteiger partial charge in [-0.2, -0.15) is 0 Å². The van der Waals surface area contributed by atoms with E-state index in [1.807, 2.05) is 0 Å². The lowest BCUT2D eigenvalue weighted by Gasteiger charge is -2.40. The smallest absolute Gasteiger partial charge is 0.534 e. The van der Waals surface area contributed by atoms with Crippen LogP contribution < -0.4 is 21.0 Å². The molecule has 2 aliphatic heterocycles. The zero-order valence-corrected chi connectivity index (χ0v) is 13.1. The molecule has 1 aromatic carbocycles. The molecule has 3 rings (SSSR count). The summed E-state index contributed by atoms with van der Waals surface area (Å²) in [6.07, 6.45) is 1.39. The van der Waals surface area contributed by atoms with Gasteiger partial charge in [-0.25, -0.2) is 4.79 Å². The third-order valence-electron chi connectivity index (χ3n) is 4.74. The number of hydrogen-bond donors (Lipinski definition) is 5. The fraction of sp³-hybridized carbons (Fsp3) is 0.467. The Labute approximate surface area is 139 Å². The fourth-order valence-corrected chi connectivity index (χ4v) is 3.39. The fourth-order valence-electron chi connectivity index (χ4n) is 3.39. The largest absolute Gasteiger partial charge is 0.541 e. The molecule has 1 atom stereocenters. The zero-order chi connectivity index (χ0) is 17.3. The lowest BCUT2D eigenvalue weighted by Crippen LogP contribution is -2.67. The Kier molecular flexibility index (Phi) is 4.48. The van der Waals surface area contributed by atoms with E-state index < -0.39 is 30.5 Å². The predicted molar refractivity (Wildman–Crippen MR) is 86.7 cm³/mol. The van der Waals surface area contributed by atoms with Gasteiger partial charge in [-0.1, -0.05) is 12.1 Å². The van der Waals surface area contributed by atoms with Crippen LogP contribution in [0, 0.1) is 0 Å². The maximum Gasteiger partial charge on any atom is 0.541 e. The van der Waals surface area contributed by atoms with E-state index in [1.54, 1.807) is 12.1 Å². The Morgan fingerprint density at radius 2 is 2.08 bits per heavy atom. The van der Waals surface area contributed by atoms with Gasteiger partial charge < -0.3 is 31.2 Å². The quantitative estimate of drug-likeness (QED) is 0.442. The lowest BCUT2D eigenvalue weighted by atomic mass is 9.70. The highest BCUT2D eigenvalue weighted by Crippen LogP contribution is 2.31. The second kappa shape index (κ2) is 6.42. The van der Waals surface area contributed by atoms with Gasteiger partial charge in [-0.05, 0) is 44.0 Å². The monoisotopic (exact) mass is 333 g/mol. The number of carboxylic acid groups (broad SMARTS) is 1. The SMILES string of the molecule is NC(=O)C1(N[C@H]2Cc3cccc(C(=O)O)c3OB2O)CCNCC1. The second-order valence-corrected chi connectivity index (χ2v) is 6.26. The van der Waals surface area contributed by atoms with E-state index >= 15 is 0 Å². The third-order valence-corrected chi connectivity index (χ3v) is 4.74. The molecular formula is C15H20BN3O5. The first kappa shape index (κ1) is 16.8. The summed E-state index contributed by atoms with van der Waals surface area (Å²) in [6, 6.07) is 4.82. The van der Waals surface area contributed by atoms with Crippen LogP contribution in [0.25, 0.3) is 0 Å². The highest BCUT2D eigenvalue weighted by Gasteiger charge is 2.45. The molecule has 0 bridgehead atoms. The number of carbonyl (C=O) groups excluding carboxylic acids is 1. The molecule has 1 aromatic rings. The van der Waals surface area contributed by atoms with Gasteiger partial charge in [0.05, 0.1) is 17.0 Å². The molecule has 6 N–H and O–H groups in total. The third kappa shape index (κ3) is 2.97. The summed E-state index contributed by atoms with van der Waals surface area (Å²) in [5, 5.41) is 25.9. The van der Waals surface area contributed by atoms with Crippen LogP contribution in [0.1, 0.15) is 28.8 Å². The molecule has 0 saturated carbocycles. The topological polar surface area (TPSA) is 134 Å². The number of carboxylic acids is 1. The minimum Gasteiger partial charge on any atom is -0.534 e. The molecule has 24 heavy (non-hydrogen) atoms. The summed E-state index contributed by atoms with van der Waals surface area (Å²) >= 11 is 0. The maximum absolute atomic E-state index is 12.0. The molecule has 0 aromatic heterocycles. The molecule has 1 amide bonds. The first-order chi connectivity index (χ1) is 11.4. The minimum absolute atomic E-state index is 0.0106. The van der Waals surface area contributed by atoms with E-state index in [-0.39, 0.29) is 11.3 Å². The molecule has 0 spiro atoms. The van der Waals surface area contributed by atoms with Crippen molar-refractivity contribution < 1.29 is 24.4 Å². The standard InChI is InChI=1S/C15H20BN3O5/c17-14(22)15(4-6-18-7-5-15)19-11-8-9-2-1-3-10(13(20)21)12(9)24-16(11)23/h1-3,11,18-19,23H,4-8H2,(H2,17,22)(H,20,21)/t11-/m0/s1. The number of nitrogens with one attached hydrogen (secondary N) is 2. The summed E-state index contributed by atoms with van der Waals surface area (Å²) < 4.78 is 5.45. The van der Waals surface area contributed by atoms with Crippen molar-refractivity contribution in [1.82, 2.24) is 10.6 Å². The van der Waals surface area contributed by atoms with Crippen LogP contribution in [0.4, 0.5) is 0 Å². The number of amides is 1. The average Bonchev–Trinajstić information content (AvgIpc) is 2.55. The minimum atomic E-state index is -1.26. The second-order valence-electron chi connectivity index (χ2n) is 6.26. The molecule has 0 radical (unpaired) electrons. The molecular weight excluding hydrogens is 313 g/mol. The van der Waals surface area contributed by atoms with E-state index in [2.05, 4.69) is 10.6 Å². The molecule has 8 nitrogen and oxygen atoms in total. The average molecular weight is 333 g/mol. The van der Waals surface area contributed by atoms with Gasteiger partial charge in [0, 0.05) is 0 Å². The number of hydrogen-bond acceptors (Lipinski definition) is 6. The van der Waals surface area contributed by atoms with Gasteiger partial charge in [0.2, 0.25) is 5.91 Å². The van der Waals surface area contributed by atoms with Crippen molar-refractivity contribution in [3.8, 4) is 5.75 Å². The number of carbonyl (C=O) groups is 2. The van der Waals surface area contributed by atoms with Gasteiger partial charge in [0.15, 0.2) is 0 Å². The van der Waals surface area contributed by atoms with E-state index in [0.717, 1.165) is 0 Å². The van der Waals surface area contributed by atoms with Gasteiger partial charge in [-0.3, -0.25) is 4.79 Å². The Morgan fingerprint density at radius 3 is 2.71 bits per heavy atom. The Hall–Kier alpha value is -2.10. The van der Waals surface area contributed by atoms with Crippen molar-refractivity contribution in [3.05, 3.63) is 29.3 Å². The maximum atomic E-state index is 12.0. The first-order valence-corrected chi connectivity index (χ1v) is 7.91. The summed E-state index contributed by atoms with van der Waals surface area (Å²) in [5.74, 6) is -1.94. The molecule has 128 valence electrons. The van der Waals surface area contributed by atoms with E-state index in [1.165, 1.54) is 6.07 Å². The molecule has 2 heterocycles. The Balaban J connectivity index is 1.85. The molecule has 9 heteroatoms. The van der Waals surface area contributed by atoms with Crippen LogP contribution >= 0.6 is 0 Å². The highest BCUT2D eigenvalue weighted by molar-refractivity contribution is 6.46. The van der Waals surface area contributed by atoms with Crippen LogP contribution in [0.3, 0.4) is 0 Å². The van der Waals surface area contributed by atoms with Gasteiger partial charge in [-0.15, -0.1) is 0 Å². The summed E-state index contributed by atoms with van der Waals surface area (Å²) in [6.45, 7) is 1.30. The number of nitrogens with two attached hydrogens (primary N) is 1. The number of benzene rings is 1. The van der Waals surface area contributed by atoms with Crippen molar-refractivity contribution in [2.45, 2.75) is 30.7 Å². The van der Waals surface area contributed by atoms with Crippen molar-refractivity contribution in [2.75, 3.05) is 13.1 Å². The summed E-state index contributed by atoms with van der Waals surface area (Å²) in [4.78, 5) is 23.3. The van der Waals surface area contributed by atoms with E-state index in [4.69, 9.17) is 10.4 Å². The first-order valence-electron chi connectivity index (χ1n) is 7.91. The van der Waals surface area contributed by atoms with Crippen molar-refractivity contribution >= 4 is 19.0 Å². The molecule has 0 aliphatic carbocycles. The van der Waals surface area contributed by atoms with Crippen LogP contribution in [-0.2, 0) is 11.2 Å². The van der Waals surface area contributed by atoms with Crippen molar-refractivity contribution in [1.29, 1.82) is 0 Å². The number of para-hydroxylation sites is 1. The Bertz CT molecular complexity index is 663. The molecule has 2 aliphatic rings. The van der Waals surface area contributed by atoms with E-state index in [9.17, 15) is 19.7 Å². The number of primary amides is 1. The van der Waals surface area contributed by atoms with Crippen LogP contribution in [0.2, 0.25) is 0 Å². The summed E-state index contributed by atoms with van der Waals surface area (Å²) in [7, 11) is -1.26. The van der Waals surface area contributed by atoms with E-state index in [0.29, 0.717) is 37.9 Å². The van der Waals surface area contributed by atoms with Crippen LogP contribution in [0.5, 0.6) is 5.75 Å². The number of aromatic carboxylic acids is 1. The van der Waals surface area contributed by atoms with Crippen LogP contribution in [0.15, 0.2) is 18.2 Å². The van der Waals surface area contributed by atoms with Crippen molar-refractivity contribution in [3.63, 3.8) is 0 Å². The lowest BCUT2D eigenvalue weighted by molar-refractivity contribution is -0.125. The van der Waals surface area contributed by atoms with Gasteiger partial charge in [0.25, 0.3) is 0 Å². The Morgan fingerprint density at radius 1 is 1.38 bits per heavy atom. The highest BCUT2D eigenvalue weighted by atomic mass is 16.5. The molecule has 1 fully saturated rings. The van der Waals surface area contributed by atoms with Crippen molar-refractivity contribution in [2.24, 2.45) is 5.73 Å². The number of rotatable bonds is 4. The molecule has 1 saturated heterocycles. The normalized spacial score (nSPS) is 22.4. The summed E-state index contributed by atoms with van der Waals surface area (Å²) in [5.41, 5.74) is 5.38. The molecule has 0 unspecified atom stereocenters. The number of piperidine rings is 1.